The molecule has 0 atom stereocenters. The number of carbonyl (C=O) groups excluding carboxylic acids is 1. The summed E-state index contributed by atoms with van der Waals surface area (Å²) in [5.74, 6) is 1.06. The topological polar surface area (TPSA) is 94.8 Å². The van der Waals surface area contributed by atoms with Crippen molar-refractivity contribution in [3.05, 3.63) is 113 Å². The fraction of sp³-hybridized carbons (Fsp3) is 0.176. The lowest BCUT2D eigenvalue weighted by atomic mass is 9.96. The number of anilines is 1. The highest BCUT2D eigenvalue weighted by Gasteiger charge is 2.19. The zero-order chi connectivity index (χ0) is 32.2. The molecule has 0 saturated heterocycles. The van der Waals surface area contributed by atoms with Crippen molar-refractivity contribution < 1.29 is 18.7 Å². The van der Waals surface area contributed by atoms with Crippen molar-refractivity contribution >= 4 is 73.9 Å². The molecule has 4 aromatic carbocycles. The van der Waals surface area contributed by atoms with Crippen molar-refractivity contribution in [2.24, 2.45) is 5.10 Å². The zero-order valence-corrected chi connectivity index (χ0v) is 29.2. The van der Waals surface area contributed by atoms with Crippen molar-refractivity contribution in [2.45, 2.75) is 26.7 Å². The maximum atomic E-state index is 13.8. The van der Waals surface area contributed by atoms with Crippen LogP contribution in [0, 0.1) is 19.9 Å². The quantitative estimate of drug-likeness (QED) is 0.121. The van der Waals surface area contributed by atoms with Crippen LogP contribution >= 0.6 is 45.2 Å². The number of ether oxygens (including phenoxy) is 2. The van der Waals surface area contributed by atoms with Crippen molar-refractivity contribution in [2.75, 3.05) is 19.0 Å². The van der Waals surface area contributed by atoms with Crippen LogP contribution in [0.3, 0.4) is 0 Å². The Balaban J connectivity index is 1.48. The minimum absolute atomic E-state index is 0.181. The molecule has 0 aliphatic heterocycles. The first-order valence-corrected chi connectivity index (χ1v) is 16.1. The van der Waals surface area contributed by atoms with E-state index in [2.05, 4.69) is 69.4 Å². The van der Waals surface area contributed by atoms with E-state index in [0.29, 0.717) is 28.2 Å². The van der Waals surface area contributed by atoms with E-state index < -0.39 is 11.7 Å². The number of carbonyl (C=O) groups is 1. The second-order valence-electron chi connectivity index (χ2n) is 10.5. The van der Waals surface area contributed by atoms with Gasteiger partial charge in [-0.2, -0.15) is 9.78 Å². The molecule has 0 radical (unpaired) electrons. The van der Waals surface area contributed by atoms with E-state index in [1.54, 1.807) is 31.5 Å². The molecular weight excluding hydrogens is 801 g/mol. The molecule has 8 nitrogen and oxygen atoms in total. The van der Waals surface area contributed by atoms with Crippen LogP contribution in [0.2, 0.25) is 0 Å². The molecule has 0 bridgehead atoms. The first-order chi connectivity index (χ1) is 21.5. The first kappa shape index (κ1) is 32.5. The average Bonchev–Trinajstić information content (AvgIpc) is 3.00. The number of benzene rings is 4. The lowest BCUT2D eigenvalue weighted by Crippen LogP contribution is -2.21. The van der Waals surface area contributed by atoms with E-state index in [1.165, 1.54) is 22.9 Å². The van der Waals surface area contributed by atoms with Gasteiger partial charge in [-0.25, -0.2) is 9.37 Å². The lowest BCUT2D eigenvalue weighted by Gasteiger charge is -2.17. The van der Waals surface area contributed by atoms with Crippen molar-refractivity contribution in [3.8, 4) is 22.9 Å². The molecule has 5 aromatic rings. The molecule has 1 amide bonds. The summed E-state index contributed by atoms with van der Waals surface area (Å²) in [5.41, 5.74) is 4.04. The van der Waals surface area contributed by atoms with Crippen molar-refractivity contribution in [3.63, 3.8) is 0 Å². The number of para-hydroxylation sites is 1. The second kappa shape index (κ2) is 14.1. The molecular formula is C34H29FI2N4O4. The maximum Gasteiger partial charge on any atom is 0.282 e. The number of nitrogens with zero attached hydrogens (tertiary/aromatic N) is 3. The average molecular weight is 830 g/mol. The molecule has 1 heterocycles. The van der Waals surface area contributed by atoms with Gasteiger partial charge in [0, 0.05) is 11.3 Å². The summed E-state index contributed by atoms with van der Waals surface area (Å²) in [5, 5.41) is 7.72. The first-order valence-electron chi connectivity index (χ1n) is 14.0. The van der Waals surface area contributed by atoms with Gasteiger partial charge in [0.05, 0.1) is 31.4 Å². The molecule has 0 aliphatic rings. The standard InChI is InChI=1S/C34H29FI2N4O4/c1-19(2)25-16-26(20(3)12-30(25)44-4)33-40-29-11-6-5-10-24(29)34(43)41(33)38-17-21-13-27(36)32(28(37)14-21)45-18-31(42)39-23-9-7-8-22(35)15-23/h5-17,19H,18H2,1-4H3,(H,39,42). The van der Waals surface area contributed by atoms with Gasteiger partial charge in [0.2, 0.25) is 0 Å². The number of hydrogen-bond donors (Lipinski definition) is 1. The number of nitrogens with one attached hydrogen (secondary N) is 1. The Hall–Kier alpha value is -3.85. The Morgan fingerprint density at radius 3 is 2.49 bits per heavy atom. The molecule has 11 heteroatoms. The Morgan fingerprint density at radius 2 is 1.80 bits per heavy atom. The van der Waals surface area contributed by atoms with E-state index in [1.807, 2.05) is 43.3 Å². The van der Waals surface area contributed by atoms with Gasteiger partial charge >= 0.3 is 0 Å². The highest BCUT2D eigenvalue weighted by atomic mass is 127. The number of hydrogen-bond acceptors (Lipinski definition) is 6. The Kier molecular flexibility index (Phi) is 10.2. The Morgan fingerprint density at radius 1 is 1.07 bits per heavy atom. The minimum Gasteiger partial charge on any atom is -0.496 e. The number of aryl methyl sites for hydroxylation is 1. The molecule has 0 saturated carbocycles. The molecule has 0 spiro atoms. The summed E-state index contributed by atoms with van der Waals surface area (Å²) in [7, 11) is 1.65. The highest BCUT2D eigenvalue weighted by molar-refractivity contribution is 14.1. The Labute approximate surface area is 287 Å². The van der Waals surface area contributed by atoms with E-state index >= 15 is 0 Å². The normalized spacial score (nSPS) is 11.4. The maximum absolute atomic E-state index is 13.8. The highest BCUT2D eigenvalue weighted by Crippen LogP contribution is 2.34. The molecule has 0 aliphatic carbocycles. The summed E-state index contributed by atoms with van der Waals surface area (Å²) in [6.45, 7) is 5.88. The summed E-state index contributed by atoms with van der Waals surface area (Å²) >= 11 is 4.26. The number of halogens is 3. The van der Waals surface area contributed by atoms with Gasteiger partial charge in [-0.1, -0.05) is 32.0 Å². The summed E-state index contributed by atoms with van der Waals surface area (Å²) in [6, 6.07) is 20.5. The zero-order valence-electron chi connectivity index (χ0n) is 24.9. The number of rotatable bonds is 9. The number of amides is 1. The molecule has 0 fully saturated rings. The molecule has 5 rings (SSSR count). The predicted molar refractivity (Wildman–Crippen MR) is 192 cm³/mol. The van der Waals surface area contributed by atoms with Gasteiger partial charge < -0.3 is 14.8 Å². The van der Waals surface area contributed by atoms with E-state index in [0.717, 1.165) is 35.1 Å². The molecule has 230 valence electrons. The van der Waals surface area contributed by atoms with Gasteiger partial charge in [0.15, 0.2) is 12.4 Å². The van der Waals surface area contributed by atoms with Crippen LogP contribution in [0.15, 0.2) is 82.7 Å². The van der Waals surface area contributed by atoms with Crippen molar-refractivity contribution in [1.82, 2.24) is 9.66 Å². The third-order valence-electron chi connectivity index (χ3n) is 6.99. The smallest absolute Gasteiger partial charge is 0.282 e. The SMILES string of the molecule is COc1cc(C)c(-c2nc3ccccc3c(=O)n2N=Cc2cc(I)c(OCC(=O)Nc3cccc(F)c3)c(I)c2)cc1C(C)C. The molecule has 0 unspecified atom stereocenters. The number of methoxy groups -OCH3 is 1. The summed E-state index contributed by atoms with van der Waals surface area (Å²) in [4.78, 5) is 31.1. The van der Waals surface area contributed by atoms with Crippen molar-refractivity contribution in [1.29, 1.82) is 0 Å². The third kappa shape index (κ3) is 7.35. The Bertz CT molecular complexity index is 1990. The fourth-order valence-electron chi connectivity index (χ4n) is 4.79. The summed E-state index contributed by atoms with van der Waals surface area (Å²) in [6.07, 6.45) is 1.61. The predicted octanol–water partition coefficient (Wildman–Crippen LogP) is 7.75. The molecule has 45 heavy (non-hydrogen) atoms. The number of fused-ring (bicyclic) bond motifs is 1. The van der Waals surface area contributed by atoms with E-state index in [9.17, 15) is 14.0 Å². The molecule has 1 N–H and O–H groups in total. The van der Waals surface area contributed by atoms with Crippen LogP contribution in [0.25, 0.3) is 22.3 Å². The van der Waals surface area contributed by atoms with Crippen LogP contribution in [-0.4, -0.2) is 35.5 Å². The fourth-order valence-corrected chi connectivity index (χ4v) is 6.92. The minimum atomic E-state index is -0.441. The van der Waals surface area contributed by atoms with E-state index in [4.69, 9.17) is 14.5 Å². The van der Waals surface area contributed by atoms with Gasteiger partial charge in [0.25, 0.3) is 11.5 Å². The number of aromatic nitrogens is 2. The second-order valence-corrected chi connectivity index (χ2v) is 12.9. The van der Waals surface area contributed by atoms with Crippen LogP contribution in [0.5, 0.6) is 11.5 Å². The molecule has 1 aromatic heterocycles. The van der Waals surface area contributed by atoms with Crippen LogP contribution in [-0.2, 0) is 4.79 Å². The third-order valence-corrected chi connectivity index (χ3v) is 8.59. The monoisotopic (exact) mass is 830 g/mol. The van der Waals surface area contributed by atoms with Gasteiger partial charge in [-0.15, -0.1) is 0 Å². The van der Waals surface area contributed by atoms with Gasteiger partial charge in [-0.3, -0.25) is 9.59 Å². The van der Waals surface area contributed by atoms with Crippen LogP contribution in [0.4, 0.5) is 10.1 Å². The van der Waals surface area contributed by atoms with E-state index in [-0.39, 0.29) is 18.1 Å². The van der Waals surface area contributed by atoms with Crippen LogP contribution < -0.4 is 20.3 Å². The largest absolute Gasteiger partial charge is 0.496 e. The lowest BCUT2D eigenvalue weighted by molar-refractivity contribution is -0.118. The summed E-state index contributed by atoms with van der Waals surface area (Å²) < 4.78 is 27.7. The van der Waals surface area contributed by atoms with Gasteiger partial charge in [0.1, 0.15) is 17.3 Å². The van der Waals surface area contributed by atoms with Gasteiger partial charge in [-0.05, 0) is 129 Å². The van der Waals surface area contributed by atoms with Crippen LogP contribution in [0.1, 0.15) is 36.5 Å².